The van der Waals surface area contributed by atoms with E-state index in [0.29, 0.717) is 16.6 Å². The van der Waals surface area contributed by atoms with Crippen LogP contribution < -0.4 is 20.8 Å². The molecule has 26 heavy (non-hydrogen) atoms. The summed E-state index contributed by atoms with van der Waals surface area (Å²) in [5.74, 6) is 0.245. The summed E-state index contributed by atoms with van der Waals surface area (Å²) in [6.07, 6.45) is 0.0624. The van der Waals surface area contributed by atoms with Crippen LogP contribution in [0.4, 0.5) is 11.4 Å². The fraction of sp³-hybridized carbons (Fsp3) is 0.167. The zero-order valence-electron chi connectivity index (χ0n) is 14.1. The summed E-state index contributed by atoms with van der Waals surface area (Å²) in [7, 11) is 1.58. The number of nitrogens with zero attached hydrogens (tertiary/aromatic N) is 1. The molecule has 1 heterocycles. The lowest BCUT2D eigenvalue weighted by Gasteiger charge is -2.08. The molecule has 2 aromatic rings. The van der Waals surface area contributed by atoms with Crippen molar-refractivity contribution in [2.24, 2.45) is 5.10 Å². The van der Waals surface area contributed by atoms with Gasteiger partial charge in [0.2, 0.25) is 11.8 Å². The van der Waals surface area contributed by atoms with E-state index in [1.54, 1.807) is 31.4 Å². The van der Waals surface area contributed by atoms with Gasteiger partial charge in [-0.3, -0.25) is 15.0 Å². The number of rotatable bonds is 6. The SMILES string of the molecule is COc1ccc(NC(=O)C[C@H]2SC(=NNc3ccccc3)NC2=O)cc1. The smallest absolute Gasteiger partial charge is 0.240 e. The van der Waals surface area contributed by atoms with Gasteiger partial charge in [-0.25, -0.2) is 0 Å². The number of amidine groups is 1. The van der Waals surface area contributed by atoms with Gasteiger partial charge >= 0.3 is 0 Å². The third kappa shape index (κ3) is 4.76. The molecule has 0 spiro atoms. The van der Waals surface area contributed by atoms with Crippen LogP contribution in [0.1, 0.15) is 6.42 Å². The second-order valence-electron chi connectivity index (χ2n) is 5.47. The molecule has 3 N–H and O–H groups in total. The van der Waals surface area contributed by atoms with Crippen LogP contribution in [0.3, 0.4) is 0 Å². The number of carbonyl (C=O) groups excluding carboxylic acids is 2. The molecule has 134 valence electrons. The zero-order chi connectivity index (χ0) is 18.4. The van der Waals surface area contributed by atoms with Crippen LogP contribution in [-0.4, -0.2) is 29.3 Å². The number of hydrazone groups is 1. The molecule has 0 aromatic heterocycles. The average Bonchev–Trinajstić information content (AvgIpc) is 3.01. The van der Waals surface area contributed by atoms with Crippen molar-refractivity contribution < 1.29 is 14.3 Å². The Hall–Kier alpha value is -3.00. The Balaban J connectivity index is 1.52. The van der Waals surface area contributed by atoms with E-state index in [2.05, 4.69) is 21.2 Å². The van der Waals surface area contributed by atoms with E-state index in [4.69, 9.17) is 4.74 Å². The molecule has 1 aliphatic heterocycles. The highest BCUT2D eigenvalue weighted by molar-refractivity contribution is 8.15. The fourth-order valence-corrected chi connectivity index (χ4v) is 3.20. The van der Waals surface area contributed by atoms with Crippen molar-refractivity contribution in [2.75, 3.05) is 17.9 Å². The van der Waals surface area contributed by atoms with Crippen LogP contribution in [0, 0.1) is 0 Å². The van der Waals surface area contributed by atoms with Gasteiger partial charge in [-0.05, 0) is 36.4 Å². The fourth-order valence-electron chi connectivity index (χ4n) is 2.28. The van der Waals surface area contributed by atoms with E-state index >= 15 is 0 Å². The molecular formula is C18H18N4O3S. The summed E-state index contributed by atoms with van der Waals surface area (Å²) in [6, 6.07) is 16.4. The number of methoxy groups -OCH3 is 1. The van der Waals surface area contributed by atoms with Crippen LogP contribution in [-0.2, 0) is 9.59 Å². The lowest BCUT2D eigenvalue weighted by atomic mass is 10.2. The topological polar surface area (TPSA) is 91.8 Å². The van der Waals surface area contributed by atoms with Gasteiger partial charge in [0, 0.05) is 12.1 Å². The molecule has 0 aliphatic carbocycles. The first-order valence-electron chi connectivity index (χ1n) is 7.94. The molecule has 1 atom stereocenters. The lowest BCUT2D eigenvalue weighted by Crippen LogP contribution is -2.28. The Morgan fingerprint density at radius 1 is 1.15 bits per heavy atom. The maximum absolute atomic E-state index is 12.2. The number of thioether (sulfide) groups is 1. The number of anilines is 2. The molecule has 1 saturated heterocycles. The second kappa shape index (κ2) is 8.39. The van der Waals surface area contributed by atoms with Crippen LogP contribution in [0.2, 0.25) is 0 Å². The van der Waals surface area contributed by atoms with Crippen molar-refractivity contribution >= 4 is 40.1 Å². The first kappa shape index (κ1) is 17.8. The zero-order valence-corrected chi connectivity index (χ0v) is 14.9. The number of hydrogen-bond acceptors (Lipinski definition) is 6. The molecule has 0 unspecified atom stereocenters. The third-order valence-corrected chi connectivity index (χ3v) is 4.66. The van der Waals surface area contributed by atoms with E-state index in [-0.39, 0.29) is 18.2 Å². The summed E-state index contributed by atoms with van der Waals surface area (Å²) >= 11 is 1.23. The van der Waals surface area contributed by atoms with Crippen LogP contribution in [0.15, 0.2) is 59.7 Å². The molecule has 1 aliphatic rings. The molecule has 0 saturated carbocycles. The van der Waals surface area contributed by atoms with Gasteiger partial charge < -0.3 is 15.4 Å². The van der Waals surface area contributed by atoms with Gasteiger partial charge in [-0.15, -0.1) is 5.10 Å². The van der Waals surface area contributed by atoms with E-state index in [1.807, 2.05) is 30.3 Å². The standard InChI is InChI=1S/C18H18N4O3S/c1-25-14-9-7-12(8-10-14)19-16(23)11-15-17(24)20-18(26-15)22-21-13-5-3-2-4-6-13/h2-10,15,21H,11H2,1H3,(H,19,23)(H,20,22,24)/t15-/m1/s1. The van der Waals surface area contributed by atoms with Crippen molar-refractivity contribution in [3.63, 3.8) is 0 Å². The summed E-state index contributed by atoms with van der Waals surface area (Å²) in [4.78, 5) is 24.2. The molecule has 1 fully saturated rings. The first-order chi connectivity index (χ1) is 12.6. The minimum Gasteiger partial charge on any atom is -0.497 e. The van der Waals surface area contributed by atoms with Gasteiger partial charge in [0.15, 0.2) is 5.17 Å². The van der Waals surface area contributed by atoms with Crippen LogP contribution >= 0.6 is 11.8 Å². The van der Waals surface area contributed by atoms with Crippen molar-refractivity contribution in [1.82, 2.24) is 5.32 Å². The molecule has 8 heteroatoms. The number of nitrogens with one attached hydrogen (secondary N) is 3. The van der Waals surface area contributed by atoms with Gasteiger partial charge in [0.1, 0.15) is 11.0 Å². The van der Waals surface area contributed by atoms with Gasteiger partial charge in [0.05, 0.1) is 12.8 Å². The third-order valence-electron chi connectivity index (χ3n) is 3.58. The maximum Gasteiger partial charge on any atom is 0.240 e. The van der Waals surface area contributed by atoms with Crippen LogP contribution in [0.5, 0.6) is 5.75 Å². The predicted octanol–water partition coefficient (Wildman–Crippen LogP) is 2.64. The molecule has 2 amide bonds. The Bertz CT molecular complexity index is 809. The number of amides is 2. The first-order valence-corrected chi connectivity index (χ1v) is 8.82. The Labute approximate surface area is 155 Å². The average molecular weight is 370 g/mol. The van der Waals surface area contributed by atoms with Crippen LogP contribution in [0.25, 0.3) is 0 Å². The number of ether oxygens (including phenoxy) is 1. The molecule has 0 bridgehead atoms. The van der Waals surface area contributed by atoms with Crippen molar-refractivity contribution in [3.05, 3.63) is 54.6 Å². The molecule has 0 radical (unpaired) electrons. The largest absolute Gasteiger partial charge is 0.497 e. The Kier molecular flexibility index (Phi) is 5.75. The van der Waals surface area contributed by atoms with Gasteiger partial charge in [-0.2, -0.15) is 0 Å². The van der Waals surface area contributed by atoms with E-state index in [0.717, 1.165) is 5.69 Å². The van der Waals surface area contributed by atoms with Gasteiger partial charge in [0.25, 0.3) is 0 Å². The number of carbonyl (C=O) groups is 2. The normalized spacial score (nSPS) is 17.7. The van der Waals surface area contributed by atoms with Crippen molar-refractivity contribution in [1.29, 1.82) is 0 Å². The summed E-state index contributed by atoms with van der Waals surface area (Å²) < 4.78 is 5.07. The van der Waals surface area contributed by atoms with E-state index < -0.39 is 5.25 Å². The minimum atomic E-state index is -0.510. The molecule has 2 aromatic carbocycles. The highest BCUT2D eigenvalue weighted by atomic mass is 32.2. The quantitative estimate of drug-likeness (QED) is 0.680. The Morgan fingerprint density at radius 2 is 1.88 bits per heavy atom. The van der Waals surface area contributed by atoms with Crippen molar-refractivity contribution in [3.8, 4) is 5.75 Å². The Morgan fingerprint density at radius 3 is 2.58 bits per heavy atom. The molecule has 7 nitrogen and oxygen atoms in total. The van der Waals surface area contributed by atoms with Crippen molar-refractivity contribution in [2.45, 2.75) is 11.7 Å². The van der Waals surface area contributed by atoms with Gasteiger partial charge in [-0.1, -0.05) is 30.0 Å². The highest BCUT2D eigenvalue weighted by Gasteiger charge is 2.32. The van der Waals surface area contributed by atoms with E-state index in [9.17, 15) is 9.59 Å². The summed E-state index contributed by atoms with van der Waals surface area (Å²) in [5.41, 5.74) is 4.34. The summed E-state index contributed by atoms with van der Waals surface area (Å²) in [5, 5.41) is 9.54. The molecule has 3 rings (SSSR count). The minimum absolute atomic E-state index is 0.0624. The monoisotopic (exact) mass is 370 g/mol. The highest BCUT2D eigenvalue weighted by Crippen LogP contribution is 2.23. The number of para-hydroxylation sites is 1. The lowest BCUT2D eigenvalue weighted by molar-refractivity contribution is -0.122. The predicted molar refractivity (Wildman–Crippen MR) is 103 cm³/mol. The number of hydrogen-bond donors (Lipinski definition) is 3. The maximum atomic E-state index is 12.2. The summed E-state index contributed by atoms with van der Waals surface area (Å²) in [6.45, 7) is 0. The number of benzene rings is 2. The second-order valence-corrected chi connectivity index (χ2v) is 6.66. The van der Waals surface area contributed by atoms with E-state index in [1.165, 1.54) is 11.8 Å². The molecular weight excluding hydrogens is 352 g/mol.